The number of ketones is 1. The lowest BCUT2D eigenvalue weighted by atomic mass is 9.85. The van der Waals surface area contributed by atoms with Gasteiger partial charge in [0.15, 0.2) is 0 Å². The van der Waals surface area contributed by atoms with Crippen molar-refractivity contribution in [2.45, 2.75) is 96.1 Å². The third-order valence-corrected chi connectivity index (χ3v) is 8.54. The normalized spacial score (nSPS) is 27.5. The van der Waals surface area contributed by atoms with E-state index in [-0.39, 0.29) is 36.8 Å². The Hall–Kier alpha value is -3.19. The highest BCUT2D eigenvalue weighted by Gasteiger charge is 2.53. The first-order valence-corrected chi connectivity index (χ1v) is 14.2. The lowest BCUT2D eigenvalue weighted by molar-refractivity contribution is -0.176. The Kier molecular flexibility index (Phi) is 8.70. The predicted octanol–water partition coefficient (Wildman–Crippen LogP) is 0.565. The summed E-state index contributed by atoms with van der Waals surface area (Å²) in [5, 5.41) is 9.71. The Morgan fingerprint density at radius 2 is 1.68 bits per heavy atom. The molecule has 0 bridgehead atoms. The van der Waals surface area contributed by atoms with Gasteiger partial charge in [-0.25, -0.2) is 0 Å². The molecule has 41 heavy (non-hydrogen) atoms. The molecule has 0 radical (unpaired) electrons. The first-order valence-electron chi connectivity index (χ1n) is 14.2. The third-order valence-electron chi connectivity index (χ3n) is 8.54. The number of Topliss-reactive ketones (excluding diaryl/α,β-unsaturated/α-hetero) is 1. The van der Waals surface area contributed by atoms with Gasteiger partial charge in [-0.15, -0.1) is 0 Å². The topological polar surface area (TPSA) is 154 Å². The first kappa shape index (κ1) is 30.8. The molecule has 0 aromatic heterocycles. The second-order valence-corrected chi connectivity index (χ2v) is 12.7. The molecule has 0 spiro atoms. The predicted molar refractivity (Wildman–Crippen MR) is 138 cm³/mol. The average Bonchev–Trinajstić information content (AvgIpc) is 3.24. The summed E-state index contributed by atoms with van der Waals surface area (Å²) in [5.41, 5.74) is -1.12. The van der Waals surface area contributed by atoms with Crippen LogP contribution in [0.1, 0.15) is 65.7 Å². The van der Waals surface area contributed by atoms with Crippen LogP contribution in [-0.2, 0) is 28.8 Å². The van der Waals surface area contributed by atoms with Gasteiger partial charge in [-0.1, -0.05) is 27.2 Å². The molecule has 2 aliphatic carbocycles. The highest BCUT2D eigenvalue weighted by Crippen LogP contribution is 2.43. The Labute approximate surface area is 236 Å². The summed E-state index contributed by atoms with van der Waals surface area (Å²) in [6, 6.07) is -4.12. The van der Waals surface area contributed by atoms with Gasteiger partial charge in [0.05, 0.1) is 6.04 Å². The van der Waals surface area contributed by atoms with Crippen LogP contribution in [-0.4, -0.2) is 83.7 Å². The fourth-order valence-electron chi connectivity index (χ4n) is 6.18. The lowest BCUT2D eigenvalue weighted by Gasteiger charge is -2.36. The van der Waals surface area contributed by atoms with Crippen LogP contribution in [0.4, 0.5) is 13.2 Å². The van der Waals surface area contributed by atoms with Crippen molar-refractivity contribution < 1.29 is 41.9 Å². The SMILES string of the molecule is CC(C)(C)[C@H](NC(=O)C(F)(F)F)C(=O)N1C[C@@H]2CCC[C@@H]2[C@H]1C(=O)N[C@@H](C[C@@H]1CCNC1=O)C(=O)C(=O)NC1CC1. The summed E-state index contributed by atoms with van der Waals surface area (Å²) in [5.74, 6) is -6.82. The van der Waals surface area contributed by atoms with Crippen LogP contribution in [0.15, 0.2) is 0 Å². The maximum absolute atomic E-state index is 13.8. The Bertz CT molecular complexity index is 1100. The smallest absolute Gasteiger partial charge is 0.356 e. The number of nitrogens with zero attached hydrogens (tertiary/aromatic N) is 1. The maximum Gasteiger partial charge on any atom is 0.471 e. The van der Waals surface area contributed by atoms with Crippen molar-refractivity contribution in [1.82, 2.24) is 26.2 Å². The number of nitrogens with one attached hydrogen (secondary N) is 4. The number of halogens is 3. The molecule has 2 saturated heterocycles. The minimum atomic E-state index is -5.21. The van der Waals surface area contributed by atoms with E-state index in [0.717, 1.165) is 19.3 Å². The molecule has 4 fully saturated rings. The molecule has 14 heteroatoms. The summed E-state index contributed by atoms with van der Waals surface area (Å²) in [6.07, 6.45) is -1.31. The quantitative estimate of drug-likeness (QED) is 0.290. The van der Waals surface area contributed by atoms with Gasteiger partial charge in [-0.3, -0.25) is 28.8 Å². The summed E-state index contributed by atoms with van der Waals surface area (Å²) in [6.45, 7) is 5.05. The van der Waals surface area contributed by atoms with Crippen LogP contribution in [0.5, 0.6) is 0 Å². The van der Waals surface area contributed by atoms with E-state index in [1.54, 1.807) is 0 Å². The number of hydrogen-bond acceptors (Lipinski definition) is 6. The fraction of sp³-hybridized carbons (Fsp3) is 0.778. The van der Waals surface area contributed by atoms with Gasteiger partial charge in [0.1, 0.15) is 12.1 Å². The van der Waals surface area contributed by atoms with E-state index in [1.165, 1.54) is 25.7 Å². The highest BCUT2D eigenvalue weighted by atomic mass is 19.4. The van der Waals surface area contributed by atoms with Gasteiger partial charge >= 0.3 is 12.1 Å². The molecule has 2 saturated carbocycles. The van der Waals surface area contributed by atoms with Crippen molar-refractivity contribution in [3.63, 3.8) is 0 Å². The van der Waals surface area contributed by atoms with Crippen molar-refractivity contribution in [3.05, 3.63) is 0 Å². The molecule has 0 aromatic rings. The summed E-state index contributed by atoms with van der Waals surface area (Å²) in [4.78, 5) is 78.6. The third kappa shape index (κ3) is 7.00. The molecule has 2 aliphatic heterocycles. The molecule has 6 atom stereocenters. The number of carbonyl (C=O) groups excluding carboxylic acids is 6. The van der Waals surface area contributed by atoms with E-state index in [1.807, 2.05) is 5.32 Å². The van der Waals surface area contributed by atoms with E-state index in [0.29, 0.717) is 25.8 Å². The number of carbonyl (C=O) groups is 6. The Balaban J connectivity index is 1.58. The number of rotatable bonds is 9. The largest absolute Gasteiger partial charge is 0.471 e. The van der Waals surface area contributed by atoms with Crippen molar-refractivity contribution >= 4 is 35.3 Å². The van der Waals surface area contributed by atoms with Crippen LogP contribution in [0.25, 0.3) is 0 Å². The zero-order valence-corrected chi connectivity index (χ0v) is 23.4. The molecule has 11 nitrogen and oxygen atoms in total. The molecule has 2 heterocycles. The first-order chi connectivity index (χ1) is 19.1. The number of likely N-dealkylation sites (tertiary alicyclic amines) is 1. The zero-order chi connectivity index (χ0) is 30.3. The zero-order valence-electron chi connectivity index (χ0n) is 23.4. The van der Waals surface area contributed by atoms with Gasteiger partial charge in [0.25, 0.3) is 5.91 Å². The van der Waals surface area contributed by atoms with Crippen LogP contribution < -0.4 is 21.3 Å². The van der Waals surface area contributed by atoms with Crippen LogP contribution in [0, 0.1) is 23.2 Å². The highest BCUT2D eigenvalue weighted by molar-refractivity contribution is 6.38. The standard InChI is InChI=1S/C27H38F3N5O6/c1-26(2,3)20(34-25(41)27(28,29)30)24(40)35-12-14-5-4-6-16(14)18(35)22(38)33-17(11-13-9-10-31-21(13)37)19(36)23(39)32-15-7-8-15/h13-18,20H,4-12H2,1-3H3,(H,31,37)(H,32,39)(H,33,38)(H,34,41)/t13-,14-,16-,17-,18-,20+/m0/s1. The number of hydrogen-bond donors (Lipinski definition) is 4. The summed E-state index contributed by atoms with van der Waals surface area (Å²) in [7, 11) is 0. The van der Waals surface area contributed by atoms with Crippen LogP contribution >= 0.6 is 0 Å². The van der Waals surface area contributed by atoms with Gasteiger partial charge in [0, 0.05) is 25.0 Å². The van der Waals surface area contributed by atoms with E-state index in [4.69, 9.17) is 0 Å². The fourth-order valence-corrected chi connectivity index (χ4v) is 6.18. The molecule has 4 N–H and O–H groups in total. The van der Waals surface area contributed by atoms with E-state index in [2.05, 4.69) is 16.0 Å². The molecule has 0 aromatic carbocycles. The van der Waals surface area contributed by atoms with Crippen LogP contribution in [0.3, 0.4) is 0 Å². The number of fused-ring (bicyclic) bond motifs is 1. The molecular formula is C27H38F3N5O6. The Morgan fingerprint density at radius 1 is 1.00 bits per heavy atom. The van der Waals surface area contributed by atoms with Gasteiger partial charge in [-0.05, 0) is 55.8 Å². The van der Waals surface area contributed by atoms with Crippen LogP contribution in [0.2, 0.25) is 0 Å². The van der Waals surface area contributed by atoms with Gasteiger partial charge < -0.3 is 26.2 Å². The monoisotopic (exact) mass is 585 g/mol. The lowest BCUT2D eigenvalue weighted by Crippen LogP contribution is -2.61. The minimum Gasteiger partial charge on any atom is -0.356 e. The number of alkyl halides is 3. The molecule has 0 unspecified atom stereocenters. The number of amides is 5. The van der Waals surface area contributed by atoms with E-state index in [9.17, 15) is 41.9 Å². The maximum atomic E-state index is 13.8. The summed E-state index contributed by atoms with van der Waals surface area (Å²) >= 11 is 0. The second-order valence-electron chi connectivity index (χ2n) is 12.7. The van der Waals surface area contributed by atoms with Crippen molar-refractivity contribution in [3.8, 4) is 0 Å². The Morgan fingerprint density at radius 3 is 2.24 bits per heavy atom. The van der Waals surface area contributed by atoms with Crippen molar-refractivity contribution in [2.24, 2.45) is 23.2 Å². The average molecular weight is 586 g/mol. The van der Waals surface area contributed by atoms with E-state index < -0.39 is 65.0 Å². The molecule has 5 amide bonds. The molecular weight excluding hydrogens is 547 g/mol. The minimum absolute atomic E-state index is 0.0819. The van der Waals surface area contributed by atoms with Gasteiger partial charge in [0.2, 0.25) is 23.5 Å². The summed E-state index contributed by atoms with van der Waals surface area (Å²) < 4.78 is 39.3. The van der Waals surface area contributed by atoms with Gasteiger partial charge in [-0.2, -0.15) is 13.2 Å². The molecule has 4 rings (SSSR count). The second kappa shape index (κ2) is 11.6. The molecule has 228 valence electrons. The van der Waals surface area contributed by atoms with E-state index >= 15 is 0 Å². The van der Waals surface area contributed by atoms with Crippen molar-refractivity contribution in [2.75, 3.05) is 13.1 Å². The molecule has 4 aliphatic rings. The van der Waals surface area contributed by atoms with Crippen molar-refractivity contribution in [1.29, 1.82) is 0 Å².